The third-order valence-corrected chi connectivity index (χ3v) is 6.35. The zero-order chi connectivity index (χ0) is 15.9. The zero-order valence-corrected chi connectivity index (χ0v) is 14.6. The Bertz CT molecular complexity index is 571. The van der Waals surface area contributed by atoms with Crippen LogP contribution >= 0.6 is 11.3 Å². The first kappa shape index (κ1) is 18.2. The molecule has 0 aliphatic heterocycles. The van der Waals surface area contributed by atoms with Crippen LogP contribution in [-0.4, -0.2) is 38.4 Å². The largest absolute Gasteiger partial charge is 0.314 e. The molecule has 1 aromatic rings. The molecule has 0 aliphatic rings. The van der Waals surface area contributed by atoms with E-state index in [0.717, 1.165) is 24.3 Å². The van der Waals surface area contributed by atoms with E-state index in [1.807, 2.05) is 13.0 Å². The van der Waals surface area contributed by atoms with Gasteiger partial charge in [0.05, 0.1) is 6.54 Å². The molecule has 0 atom stereocenters. The van der Waals surface area contributed by atoms with E-state index in [9.17, 15) is 8.42 Å². The summed E-state index contributed by atoms with van der Waals surface area (Å²) in [5.41, 5.74) is 0. The Kier molecular flexibility index (Phi) is 7.40. The number of nitrogens with one attached hydrogen (secondary N) is 1. The van der Waals surface area contributed by atoms with Gasteiger partial charge in [-0.1, -0.05) is 26.7 Å². The Hall–Kier alpha value is -0.870. The van der Waals surface area contributed by atoms with Crippen LogP contribution in [-0.2, 0) is 16.4 Å². The molecule has 0 unspecified atom stereocenters. The average Bonchev–Trinajstić information content (AvgIpc) is 2.87. The monoisotopic (exact) mass is 328 g/mol. The third kappa shape index (κ3) is 5.44. The first-order valence-electron chi connectivity index (χ1n) is 7.17. The van der Waals surface area contributed by atoms with Crippen LogP contribution in [0.2, 0.25) is 0 Å². The van der Waals surface area contributed by atoms with E-state index in [4.69, 9.17) is 6.42 Å². The van der Waals surface area contributed by atoms with Gasteiger partial charge in [-0.2, -0.15) is 4.31 Å². The van der Waals surface area contributed by atoms with Crippen molar-refractivity contribution in [3.63, 3.8) is 0 Å². The predicted octanol–water partition coefficient (Wildman–Crippen LogP) is 2.32. The summed E-state index contributed by atoms with van der Waals surface area (Å²) in [7, 11) is -3.46. The normalized spacial score (nSPS) is 12.0. The van der Waals surface area contributed by atoms with Crippen LogP contribution in [0.15, 0.2) is 16.3 Å². The van der Waals surface area contributed by atoms with Crippen molar-refractivity contribution in [3.8, 4) is 12.3 Å². The van der Waals surface area contributed by atoms with Crippen LogP contribution < -0.4 is 5.32 Å². The van der Waals surface area contributed by atoms with Crippen LogP contribution in [0.25, 0.3) is 0 Å². The summed E-state index contributed by atoms with van der Waals surface area (Å²) in [6.45, 7) is 7.55. The topological polar surface area (TPSA) is 49.4 Å². The van der Waals surface area contributed by atoms with E-state index in [1.54, 1.807) is 6.07 Å². The molecule has 1 rings (SSSR count). The van der Waals surface area contributed by atoms with Crippen molar-refractivity contribution >= 4 is 21.4 Å². The maximum Gasteiger partial charge on any atom is 0.253 e. The molecule has 4 nitrogen and oxygen atoms in total. The molecule has 0 amide bonds. The predicted molar refractivity (Wildman–Crippen MR) is 89.0 cm³/mol. The van der Waals surface area contributed by atoms with Crippen molar-refractivity contribution in [2.45, 2.75) is 43.9 Å². The van der Waals surface area contributed by atoms with Crippen LogP contribution in [0.3, 0.4) is 0 Å². The molecule has 118 valence electrons. The summed E-state index contributed by atoms with van der Waals surface area (Å²) < 4.78 is 26.8. The van der Waals surface area contributed by atoms with E-state index < -0.39 is 10.0 Å². The minimum Gasteiger partial charge on any atom is -0.314 e. The molecule has 21 heavy (non-hydrogen) atoms. The van der Waals surface area contributed by atoms with E-state index >= 15 is 0 Å². The van der Waals surface area contributed by atoms with Gasteiger partial charge in [-0.05, 0) is 25.0 Å². The molecule has 1 N–H and O–H groups in total. The number of nitrogens with zero attached hydrogens (tertiary/aromatic N) is 1. The van der Waals surface area contributed by atoms with Gasteiger partial charge in [0.25, 0.3) is 10.0 Å². The molecule has 0 fully saturated rings. The van der Waals surface area contributed by atoms with Gasteiger partial charge in [0.1, 0.15) is 4.21 Å². The molecule has 0 bridgehead atoms. The molecular weight excluding hydrogens is 304 g/mol. The standard InChI is InChI=1S/C15H24N2O2S2/c1-5-11-17(12-6-2)21(18,19)15-8-7-14(20-15)9-10-16-13(3)4/h1,7-8,13,16H,6,9-12H2,2-4H3. The Morgan fingerprint density at radius 1 is 1.43 bits per heavy atom. The smallest absolute Gasteiger partial charge is 0.253 e. The lowest BCUT2D eigenvalue weighted by atomic mass is 10.3. The summed E-state index contributed by atoms with van der Waals surface area (Å²) in [6, 6.07) is 4.01. The van der Waals surface area contributed by atoms with E-state index in [1.165, 1.54) is 15.6 Å². The van der Waals surface area contributed by atoms with Gasteiger partial charge in [0.2, 0.25) is 0 Å². The maximum absolute atomic E-state index is 12.5. The number of sulfonamides is 1. The quantitative estimate of drug-likeness (QED) is 0.708. The second-order valence-corrected chi connectivity index (χ2v) is 8.46. The first-order valence-corrected chi connectivity index (χ1v) is 9.43. The van der Waals surface area contributed by atoms with Crippen molar-refractivity contribution in [3.05, 3.63) is 17.0 Å². The van der Waals surface area contributed by atoms with Gasteiger partial charge in [-0.3, -0.25) is 0 Å². The molecule has 0 radical (unpaired) electrons. The van der Waals surface area contributed by atoms with Crippen molar-refractivity contribution in [2.75, 3.05) is 19.6 Å². The zero-order valence-electron chi connectivity index (χ0n) is 12.9. The Morgan fingerprint density at radius 3 is 2.71 bits per heavy atom. The summed E-state index contributed by atoms with van der Waals surface area (Å²) in [4.78, 5) is 1.07. The number of hydrogen-bond acceptors (Lipinski definition) is 4. The fourth-order valence-corrected chi connectivity index (χ4v) is 4.83. The lowest BCUT2D eigenvalue weighted by molar-refractivity contribution is 0.447. The molecule has 0 saturated carbocycles. The number of hydrogen-bond donors (Lipinski definition) is 1. The average molecular weight is 329 g/mol. The molecule has 1 aromatic heterocycles. The Morgan fingerprint density at radius 2 is 2.14 bits per heavy atom. The van der Waals surface area contributed by atoms with Crippen molar-refractivity contribution < 1.29 is 8.42 Å². The van der Waals surface area contributed by atoms with Gasteiger partial charge in [0, 0.05) is 24.0 Å². The van der Waals surface area contributed by atoms with Crippen LogP contribution in [0.4, 0.5) is 0 Å². The van der Waals surface area contributed by atoms with Gasteiger partial charge in [-0.25, -0.2) is 8.42 Å². The SMILES string of the molecule is C#CCN(CCC)S(=O)(=O)c1ccc(CCNC(C)C)s1. The Balaban J connectivity index is 2.79. The summed E-state index contributed by atoms with van der Waals surface area (Å²) >= 11 is 1.33. The molecule has 0 aromatic carbocycles. The van der Waals surface area contributed by atoms with Crippen LogP contribution in [0.5, 0.6) is 0 Å². The van der Waals surface area contributed by atoms with Crippen LogP contribution in [0.1, 0.15) is 32.1 Å². The third-order valence-electron chi connectivity index (χ3n) is 2.90. The molecular formula is C15H24N2O2S2. The van der Waals surface area contributed by atoms with E-state index in [0.29, 0.717) is 16.8 Å². The molecule has 0 spiro atoms. The number of terminal acetylenes is 1. The lowest BCUT2D eigenvalue weighted by Crippen LogP contribution is -2.31. The number of rotatable bonds is 9. The van der Waals surface area contributed by atoms with Crippen molar-refractivity contribution in [1.82, 2.24) is 9.62 Å². The maximum atomic E-state index is 12.5. The Labute approximate surface area is 132 Å². The second kappa shape index (κ2) is 8.54. The van der Waals surface area contributed by atoms with Crippen molar-refractivity contribution in [2.24, 2.45) is 0 Å². The fourth-order valence-electron chi connectivity index (χ4n) is 1.88. The summed E-state index contributed by atoms with van der Waals surface area (Å²) in [5, 5.41) is 3.33. The van der Waals surface area contributed by atoms with Crippen molar-refractivity contribution in [1.29, 1.82) is 0 Å². The highest BCUT2D eigenvalue weighted by Crippen LogP contribution is 2.25. The van der Waals surface area contributed by atoms with E-state index in [2.05, 4.69) is 25.1 Å². The highest BCUT2D eigenvalue weighted by atomic mass is 32.2. The first-order chi connectivity index (χ1) is 9.91. The van der Waals surface area contributed by atoms with Gasteiger partial charge in [-0.15, -0.1) is 17.8 Å². The lowest BCUT2D eigenvalue weighted by Gasteiger charge is -2.17. The van der Waals surface area contributed by atoms with Gasteiger partial charge >= 0.3 is 0 Å². The molecule has 0 aliphatic carbocycles. The fraction of sp³-hybridized carbons (Fsp3) is 0.600. The minimum absolute atomic E-state index is 0.123. The second-order valence-electron chi connectivity index (χ2n) is 5.12. The highest BCUT2D eigenvalue weighted by molar-refractivity contribution is 7.91. The van der Waals surface area contributed by atoms with Gasteiger partial charge < -0.3 is 5.32 Å². The van der Waals surface area contributed by atoms with Gasteiger partial charge in [0.15, 0.2) is 0 Å². The minimum atomic E-state index is -3.46. The van der Waals surface area contributed by atoms with E-state index in [-0.39, 0.29) is 6.54 Å². The van der Waals surface area contributed by atoms with Crippen LogP contribution in [0, 0.1) is 12.3 Å². The summed E-state index contributed by atoms with van der Waals surface area (Å²) in [5.74, 6) is 2.42. The molecule has 0 saturated heterocycles. The molecule has 6 heteroatoms. The highest BCUT2D eigenvalue weighted by Gasteiger charge is 2.24. The number of thiophene rings is 1. The molecule has 1 heterocycles. The summed E-state index contributed by atoms with van der Waals surface area (Å²) in [6.07, 6.45) is 6.85.